The van der Waals surface area contributed by atoms with E-state index in [1.807, 2.05) is 6.92 Å². The van der Waals surface area contributed by atoms with Crippen LogP contribution in [0.1, 0.15) is 6.92 Å². The van der Waals surface area contributed by atoms with E-state index in [0.29, 0.717) is 22.4 Å². The predicted molar refractivity (Wildman–Crippen MR) is 70.2 cm³/mol. The maximum atomic E-state index is 11.0. The van der Waals surface area contributed by atoms with Crippen molar-refractivity contribution in [2.75, 3.05) is 11.4 Å². The summed E-state index contributed by atoms with van der Waals surface area (Å²) in [5, 5.41) is 19.7. The van der Waals surface area contributed by atoms with Gasteiger partial charge in [-0.1, -0.05) is 30.3 Å². The Labute approximate surface area is 107 Å². The summed E-state index contributed by atoms with van der Waals surface area (Å²) >= 11 is 7.15. The Kier molecular flexibility index (Phi) is 3.26. The number of nitro groups is 1. The van der Waals surface area contributed by atoms with Gasteiger partial charge >= 0.3 is 0 Å². The third-order valence-electron chi connectivity index (χ3n) is 2.42. The molecule has 1 saturated heterocycles. The van der Waals surface area contributed by atoms with E-state index in [-0.39, 0.29) is 10.9 Å². The third-order valence-corrected chi connectivity index (χ3v) is 3.65. The maximum absolute atomic E-state index is 11.0. The third kappa shape index (κ3) is 2.37. The quantitative estimate of drug-likeness (QED) is 0.663. The van der Waals surface area contributed by atoms with E-state index in [1.54, 1.807) is 17.0 Å². The number of nitrogens with zero attached hydrogens (tertiary/aromatic N) is 2. The molecule has 5 nitrogen and oxygen atoms in total. The highest BCUT2D eigenvalue weighted by atomic mass is 35.5. The molecule has 2 rings (SSSR count). The van der Waals surface area contributed by atoms with Gasteiger partial charge < -0.3 is 4.90 Å². The van der Waals surface area contributed by atoms with Gasteiger partial charge in [-0.15, -0.1) is 0 Å². The first-order chi connectivity index (χ1) is 7.99. The molecular formula is C10H10ClN3O2S. The SMILES string of the molecule is C[C@@H]1CN(c2ccc(Cl)cc2[N+](=O)[O-])C(=N)S1. The molecule has 0 aromatic heterocycles. The number of hydrogen-bond donors (Lipinski definition) is 1. The molecule has 0 radical (unpaired) electrons. The molecule has 0 unspecified atom stereocenters. The minimum absolute atomic E-state index is 0.0584. The van der Waals surface area contributed by atoms with Crippen LogP contribution < -0.4 is 4.90 Å². The van der Waals surface area contributed by atoms with Crippen LogP contribution in [0.2, 0.25) is 5.02 Å². The molecular weight excluding hydrogens is 262 g/mol. The molecule has 1 aliphatic rings. The summed E-state index contributed by atoms with van der Waals surface area (Å²) in [6, 6.07) is 4.51. The van der Waals surface area contributed by atoms with Gasteiger partial charge in [-0.25, -0.2) is 0 Å². The van der Waals surface area contributed by atoms with Crippen molar-refractivity contribution in [1.82, 2.24) is 0 Å². The van der Waals surface area contributed by atoms with E-state index in [0.717, 1.165) is 0 Å². The molecule has 17 heavy (non-hydrogen) atoms. The number of amidine groups is 1. The molecule has 0 spiro atoms. The molecule has 0 amide bonds. The molecule has 0 bridgehead atoms. The normalized spacial score (nSPS) is 19.8. The topological polar surface area (TPSA) is 70.2 Å². The van der Waals surface area contributed by atoms with Crippen LogP contribution in [0.4, 0.5) is 11.4 Å². The van der Waals surface area contributed by atoms with E-state index in [4.69, 9.17) is 17.0 Å². The van der Waals surface area contributed by atoms with Crippen molar-refractivity contribution in [3.63, 3.8) is 0 Å². The predicted octanol–water partition coefficient (Wildman–Crippen LogP) is 3.12. The monoisotopic (exact) mass is 271 g/mol. The van der Waals surface area contributed by atoms with E-state index >= 15 is 0 Å². The molecule has 90 valence electrons. The first-order valence-corrected chi connectivity index (χ1v) is 6.21. The fourth-order valence-corrected chi connectivity index (χ4v) is 2.78. The summed E-state index contributed by atoms with van der Waals surface area (Å²) in [6.07, 6.45) is 0. The zero-order valence-corrected chi connectivity index (χ0v) is 10.6. The van der Waals surface area contributed by atoms with Gasteiger partial charge in [0, 0.05) is 22.9 Å². The second kappa shape index (κ2) is 4.54. The van der Waals surface area contributed by atoms with E-state index in [1.165, 1.54) is 17.8 Å². The van der Waals surface area contributed by atoms with Crippen molar-refractivity contribution in [2.45, 2.75) is 12.2 Å². The van der Waals surface area contributed by atoms with E-state index in [2.05, 4.69) is 0 Å². The second-order valence-corrected chi connectivity index (χ2v) is 5.60. The minimum atomic E-state index is -0.470. The van der Waals surface area contributed by atoms with Gasteiger partial charge in [-0.2, -0.15) is 0 Å². The van der Waals surface area contributed by atoms with Gasteiger partial charge in [-0.3, -0.25) is 15.5 Å². The zero-order chi connectivity index (χ0) is 12.6. The van der Waals surface area contributed by atoms with Gasteiger partial charge in [0.15, 0.2) is 5.17 Å². The van der Waals surface area contributed by atoms with Crippen LogP contribution in [0.15, 0.2) is 18.2 Å². The number of nitrogens with one attached hydrogen (secondary N) is 1. The second-order valence-electron chi connectivity index (χ2n) is 3.73. The number of benzene rings is 1. The van der Waals surface area contributed by atoms with Gasteiger partial charge in [-0.05, 0) is 12.1 Å². The van der Waals surface area contributed by atoms with Crippen LogP contribution >= 0.6 is 23.4 Å². The Morgan fingerprint density at radius 1 is 1.65 bits per heavy atom. The summed E-state index contributed by atoms with van der Waals surface area (Å²) in [6.45, 7) is 2.59. The number of thioether (sulfide) groups is 1. The van der Waals surface area contributed by atoms with Crippen molar-refractivity contribution in [2.24, 2.45) is 0 Å². The molecule has 1 aromatic carbocycles. The highest BCUT2D eigenvalue weighted by Crippen LogP contribution is 2.36. The molecule has 7 heteroatoms. The Balaban J connectivity index is 2.45. The molecule has 0 aliphatic carbocycles. The van der Waals surface area contributed by atoms with Crippen LogP contribution in [0, 0.1) is 15.5 Å². The summed E-state index contributed by atoms with van der Waals surface area (Å²) in [5.41, 5.74) is 0.373. The summed E-state index contributed by atoms with van der Waals surface area (Å²) in [5.74, 6) is 0. The lowest BCUT2D eigenvalue weighted by atomic mass is 10.2. The van der Waals surface area contributed by atoms with E-state index < -0.39 is 4.92 Å². The fraction of sp³-hybridized carbons (Fsp3) is 0.300. The smallest absolute Gasteiger partial charge is 0.294 e. The Bertz CT molecular complexity index is 494. The number of hydrogen-bond acceptors (Lipinski definition) is 4. The fourth-order valence-electron chi connectivity index (χ4n) is 1.71. The van der Waals surface area contributed by atoms with Gasteiger partial charge in [0.1, 0.15) is 5.69 Å². The first kappa shape index (κ1) is 12.2. The number of anilines is 1. The van der Waals surface area contributed by atoms with Crippen molar-refractivity contribution in [3.05, 3.63) is 33.3 Å². The number of rotatable bonds is 2. The zero-order valence-electron chi connectivity index (χ0n) is 9.01. The summed E-state index contributed by atoms with van der Waals surface area (Å²) < 4.78 is 0. The van der Waals surface area contributed by atoms with Crippen molar-refractivity contribution >= 4 is 39.9 Å². The van der Waals surface area contributed by atoms with Crippen LogP contribution in [-0.4, -0.2) is 21.9 Å². The Morgan fingerprint density at radius 2 is 2.35 bits per heavy atom. The van der Waals surface area contributed by atoms with Crippen LogP contribution in [0.5, 0.6) is 0 Å². The first-order valence-electron chi connectivity index (χ1n) is 4.95. The molecule has 1 fully saturated rings. The molecule has 1 N–H and O–H groups in total. The van der Waals surface area contributed by atoms with Crippen molar-refractivity contribution < 1.29 is 4.92 Å². The van der Waals surface area contributed by atoms with Crippen LogP contribution in [0.25, 0.3) is 0 Å². The highest BCUT2D eigenvalue weighted by Gasteiger charge is 2.30. The van der Waals surface area contributed by atoms with Crippen LogP contribution in [-0.2, 0) is 0 Å². The average Bonchev–Trinajstić information content (AvgIpc) is 2.57. The van der Waals surface area contributed by atoms with Crippen molar-refractivity contribution in [3.8, 4) is 0 Å². The average molecular weight is 272 g/mol. The lowest BCUT2D eigenvalue weighted by Crippen LogP contribution is -2.24. The Morgan fingerprint density at radius 3 is 2.88 bits per heavy atom. The molecule has 1 aromatic rings. The molecule has 1 heterocycles. The van der Waals surface area contributed by atoms with Gasteiger partial charge in [0.2, 0.25) is 0 Å². The number of nitro benzene ring substituents is 1. The molecule has 0 saturated carbocycles. The highest BCUT2D eigenvalue weighted by molar-refractivity contribution is 8.15. The lowest BCUT2D eigenvalue weighted by molar-refractivity contribution is -0.384. The van der Waals surface area contributed by atoms with Crippen molar-refractivity contribution in [1.29, 1.82) is 5.41 Å². The largest absolute Gasteiger partial charge is 0.314 e. The standard InChI is InChI=1S/C10H10ClN3O2S/c1-6-5-13(10(12)17-6)8-3-2-7(11)4-9(8)14(15)16/h2-4,6,12H,5H2,1H3/t6-/m1/s1. The number of halogens is 1. The molecule has 1 atom stereocenters. The van der Waals surface area contributed by atoms with Crippen LogP contribution in [0.3, 0.4) is 0 Å². The van der Waals surface area contributed by atoms with Gasteiger partial charge in [0.25, 0.3) is 5.69 Å². The van der Waals surface area contributed by atoms with Gasteiger partial charge in [0.05, 0.1) is 4.92 Å². The summed E-state index contributed by atoms with van der Waals surface area (Å²) in [4.78, 5) is 12.1. The summed E-state index contributed by atoms with van der Waals surface area (Å²) in [7, 11) is 0. The Hall–Kier alpha value is -1.27. The van der Waals surface area contributed by atoms with E-state index in [9.17, 15) is 10.1 Å². The minimum Gasteiger partial charge on any atom is -0.314 e. The lowest BCUT2D eigenvalue weighted by Gasteiger charge is -2.16. The maximum Gasteiger partial charge on any atom is 0.294 e. The molecule has 1 aliphatic heterocycles.